The molecule has 28 heavy (non-hydrogen) atoms. The molecule has 3 rings (SSSR count). The molecular weight excluding hydrogens is 403 g/mol. The number of aromatic nitrogens is 2. The SMILES string of the molecule is C[C@@H](CO)Nc1ncc2c(n1)CN(C(=O)N[C@H](N)c1ccc(Cl)c(Cl)c1)CC2. The van der Waals surface area contributed by atoms with E-state index in [9.17, 15) is 4.79 Å². The van der Waals surface area contributed by atoms with Gasteiger partial charge >= 0.3 is 6.03 Å². The summed E-state index contributed by atoms with van der Waals surface area (Å²) in [5, 5.41) is 15.7. The number of hydrogen-bond acceptors (Lipinski definition) is 6. The fraction of sp³-hybridized carbons (Fsp3) is 0.389. The smallest absolute Gasteiger partial charge is 0.319 e. The normalized spacial score (nSPS) is 15.5. The van der Waals surface area contributed by atoms with Crippen molar-refractivity contribution in [3.63, 3.8) is 0 Å². The Kier molecular flexibility index (Phi) is 6.56. The van der Waals surface area contributed by atoms with Gasteiger partial charge in [0.2, 0.25) is 5.95 Å². The predicted octanol–water partition coefficient (Wildman–Crippen LogP) is 2.30. The highest BCUT2D eigenvalue weighted by Gasteiger charge is 2.24. The predicted molar refractivity (Wildman–Crippen MR) is 108 cm³/mol. The van der Waals surface area contributed by atoms with Gasteiger partial charge in [-0.15, -0.1) is 0 Å². The molecule has 10 heteroatoms. The van der Waals surface area contributed by atoms with Gasteiger partial charge in [-0.05, 0) is 36.6 Å². The molecule has 1 aliphatic rings. The molecule has 0 saturated heterocycles. The van der Waals surface area contributed by atoms with E-state index in [2.05, 4.69) is 20.6 Å². The first-order valence-corrected chi connectivity index (χ1v) is 9.61. The Bertz CT molecular complexity index is 866. The number of carbonyl (C=O) groups is 1. The second-order valence-corrected chi connectivity index (χ2v) is 7.48. The number of hydrogen-bond donors (Lipinski definition) is 4. The number of fused-ring (bicyclic) bond motifs is 1. The first-order chi connectivity index (χ1) is 13.4. The lowest BCUT2D eigenvalue weighted by atomic mass is 10.1. The Morgan fingerprint density at radius 1 is 1.39 bits per heavy atom. The molecule has 0 saturated carbocycles. The molecule has 150 valence electrons. The van der Waals surface area contributed by atoms with Crippen molar-refractivity contribution in [3.05, 3.63) is 51.3 Å². The number of nitrogens with zero attached hydrogens (tertiary/aromatic N) is 3. The number of anilines is 1. The minimum absolute atomic E-state index is 0.0262. The van der Waals surface area contributed by atoms with Crippen LogP contribution in [-0.2, 0) is 13.0 Å². The summed E-state index contributed by atoms with van der Waals surface area (Å²) in [5.74, 6) is 0.426. The fourth-order valence-electron chi connectivity index (χ4n) is 2.83. The maximum atomic E-state index is 12.6. The number of nitrogens with one attached hydrogen (secondary N) is 2. The van der Waals surface area contributed by atoms with Crippen molar-refractivity contribution in [2.75, 3.05) is 18.5 Å². The van der Waals surface area contributed by atoms with E-state index in [0.29, 0.717) is 41.1 Å². The first kappa shape index (κ1) is 20.6. The number of aliphatic hydroxyl groups is 1. The van der Waals surface area contributed by atoms with E-state index in [4.69, 9.17) is 34.0 Å². The Hall–Kier alpha value is -2.13. The van der Waals surface area contributed by atoms with Crippen LogP contribution < -0.4 is 16.4 Å². The monoisotopic (exact) mass is 424 g/mol. The molecule has 2 amide bonds. The summed E-state index contributed by atoms with van der Waals surface area (Å²) < 4.78 is 0. The lowest BCUT2D eigenvalue weighted by molar-refractivity contribution is 0.187. The highest BCUT2D eigenvalue weighted by Crippen LogP contribution is 2.24. The molecule has 5 N–H and O–H groups in total. The molecule has 2 aromatic rings. The zero-order valence-electron chi connectivity index (χ0n) is 15.3. The molecule has 1 aromatic heterocycles. The number of benzene rings is 1. The van der Waals surface area contributed by atoms with Crippen LogP contribution in [0.3, 0.4) is 0 Å². The standard InChI is InChI=1S/C18H22Cl2N6O2/c1-10(9-27)23-17-22-7-12-4-5-26(8-15(12)24-17)18(28)25-16(21)11-2-3-13(19)14(20)6-11/h2-3,6-7,10,16,27H,4-5,8-9,21H2,1H3,(H,25,28)(H,22,23,24)/t10-,16-/m0/s1. The Labute approximate surface area is 173 Å². The van der Waals surface area contributed by atoms with Crippen molar-refractivity contribution in [3.8, 4) is 0 Å². The van der Waals surface area contributed by atoms with E-state index in [1.165, 1.54) is 0 Å². The first-order valence-electron chi connectivity index (χ1n) is 8.85. The summed E-state index contributed by atoms with van der Waals surface area (Å²) in [7, 11) is 0. The minimum atomic E-state index is -0.711. The van der Waals surface area contributed by atoms with Gasteiger partial charge in [-0.1, -0.05) is 29.3 Å². The minimum Gasteiger partial charge on any atom is -0.394 e. The van der Waals surface area contributed by atoms with Crippen molar-refractivity contribution in [2.45, 2.75) is 32.1 Å². The van der Waals surface area contributed by atoms with Crippen LogP contribution in [0.15, 0.2) is 24.4 Å². The molecule has 2 atom stereocenters. The summed E-state index contributed by atoms with van der Waals surface area (Å²) >= 11 is 11.9. The average Bonchev–Trinajstić information content (AvgIpc) is 2.69. The van der Waals surface area contributed by atoms with Crippen LogP contribution >= 0.6 is 23.2 Å². The van der Waals surface area contributed by atoms with Gasteiger partial charge in [0.25, 0.3) is 0 Å². The van der Waals surface area contributed by atoms with Gasteiger partial charge in [0.15, 0.2) is 0 Å². The molecule has 1 aromatic carbocycles. The Balaban J connectivity index is 1.66. The lowest BCUT2D eigenvalue weighted by Crippen LogP contribution is -2.46. The molecule has 8 nitrogen and oxygen atoms in total. The number of urea groups is 1. The highest BCUT2D eigenvalue weighted by atomic mass is 35.5. The maximum Gasteiger partial charge on any atom is 0.319 e. The van der Waals surface area contributed by atoms with Gasteiger partial charge < -0.3 is 26.4 Å². The largest absolute Gasteiger partial charge is 0.394 e. The topological polar surface area (TPSA) is 116 Å². The fourth-order valence-corrected chi connectivity index (χ4v) is 3.13. The molecule has 0 bridgehead atoms. The number of carbonyl (C=O) groups excluding carboxylic acids is 1. The molecule has 0 spiro atoms. The summed E-state index contributed by atoms with van der Waals surface area (Å²) in [6, 6.07) is 4.54. The summed E-state index contributed by atoms with van der Waals surface area (Å²) in [6.07, 6.45) is 1.70. The van der Waals surface area contributed by atoms with Crippen molar-refractivity contribution in [1.82, 2.24) is 20.2 Å². The van der Waals surface area contributed by atoms with Gasteiger partial charge in [-0.25, -0.2) is 14.8 Å². The molecule has 0 unspecified atom stereocenters. The van der Waals surface area contributed by atoms with Crippen LogP contribution in [-0.4, -0.2) is 45.2 Å². The summed E-state index contributed by atoms with van der Waals surface area (Å²) in [5.41, 5.74) is 8.52. The van der Waals surface area contributed by atoms with Gasteiger partial charge in [-0.3, -0.25) is 0 Å². The maximum absolute atomic E-state index is 12.6. The number of amides is 2. The van der Waals surface area contributed by atoms with E-state index in [0.717, 1.165) is 11.3 Å². The van der Waals surface area contributed by atoms with Crippen LogP contribution in [0.25, 0.3) is 0 Å². The number of halogens is 2. The Morgan fingerprint density at radius 2 is 2.18 bits per heavy atom. The molecular formula is C18H22Cl2N6O2. The molecule has 1 aliphatic heterocycles. The molecule has 0 fully saturated rings. The number of rotatable bonds is 5. The summed E-state index contributed by atoms with van der Waals surface area (Å²) in [6.45, 7) is 2.69. The van der Waals surface area contributed by atoms with Gasteiger partial charge in [0.1, 0.15) is 6.17 Å². The molecule has 2 heterocycles. The third kappa shape index (κ3) is 4.82. The van der Waals surface area contributed by atoms with Crippen molar-refractivity contribution >= 4 is 35.2 Å². The quantitative estimate of drug-likeness (QED) is 0.547. The zero-order valence-corrected chi connectivity index (χ0v) is 16.8. The van der Waals surface area contributed by atoms with Crippen LogP contribution in [0.2, 0.25) is 10.0 Å². The van der Waals surface area contributed by atoms with Crippen LogP contribution in [0, 0.1) is 0 Å². The van der Waals surface area contributed by atoms with E-state index < -0.39 is 6.17 Å². The van der Waals surface area contributed by atoms with E-state index >= 15 is 0 Å². The lowest BCUT2D eigenvalue weighted by Gasteiger charge is -2.29. The van der Waals surface area contributed by atoms with E-state index in [1.54, 1.807) is 29.3 Å². The zero-order chi connectivity index (χ0) is 20.3. The molecule has 0 aliphatic carbocycles. The summed E-state index contributed by atoms with van der Waals surface area (Å²) in [4.78, 5) is 23.0. The average molecular weight is 425 g/mol. The number of aliphatic hydroxyl groups excluding tert-OH is 1. The van der Waals surface area contributed by atoms with E-state index in [1.807, 2.05) is 6.92 Å². The van der Waals surface area contributed by atoms with Crippen LogP contribution in [0.4, 0.5) is 10.7 Å². The van der Waals surface area contributed by atoms with Crippen molar-refractivity contribution in [1.29, 1.82) is 0 Å². The third-order valence-electron chi connectivity index (χ3n) is 4.46. The van der Waals surface area contributed by atoms with Gasteiger partial charge in [-0.2, -0.15) is 0 Å². The van der Waals surface area contributed by atoms with Crippen molar-refractivity contribution in [2.24, 2.45) is 5.73 Å². The van der Waals surface area contributed by atoms with E-state index in [-0.39, 0.29) is 18.7 Å². The Morgan fingerprint density at radius 3 is 2.89 bits per heavy atom. The molecule has 0 radical (unpaired) electrons. The van der Waals surface area contributed by atoms with Crippen LogP contribution in [0.1, 0.15) is 29.9 Å². The van der Waals surface area contributed by atoms with Gasteiger partial charge in [0.05, 0.1) is 28.9 Å². The third-order valence-corrected chi connectivity index (χ3v) is 5.20. The second-order valence-electron chi connectivity index (χ2n) is 6.67. The highest BCUT2D eigenvalue weighted by molar-refractivity contribution is 6.42. The second kappa shape index (κ2) is 8.91. The van der Waals surface area contributed by atoms with Crippen molar-refractivity contribution < 1.29 is 9.90 Å². The van der Waals surface area contributed by atoms with Crippen LogP contribution in [0.5, 0.6) is 0 Å². The number of nitrogens with two attached hydrogens (primary N) is 1. The van der Waals surface area contributed by atoms with Gasteiger partial charge in [0, 0.05) is 18.8 Å².